The smallest absolute Gasteiger partial charge is 0.265 e. The molecule has 10 nitrogen and oxygen atoms in total. The van der Waals surface area contributed by atoms with Gasteiger partial charge in [-0.15, -0.1) is 0 Å². The number of rotatable bonds is 6. The largest absolute Gasteiger partial charge is 0.478 e. The zero-order valence-corrected chi connectivity index (χ0v) is 17.7. The van der Waals surface area contributed by atoms with Crippen LogP contribution in [-0.2, 0) is 29.6 Å². The Morgan fingerprint density at radius 1 is 1.28 bits per heavy atom. The van der Waals surface area contributed by atoms with E-state index in [-0.39, 0.29) is 35.2 Å². The van der Waals surface area contributed by atoms with Gasteiger partial charge in [0.15, 0.2) is 6.10 Å². The van der Waals surface area contributed by atoms with Gasteiger partial charge in [0.05, 0.1) is 16.3 Å². The highest BCUT2D eigenvalue weighted by Crippen LogP contribution is 2.32. The van der Waals surface area contributed by atoms with Crippen LogP contribution in [0.15, 0.2) is 23.1 Å². The summed E-state index contributed by atoms with van der Waals surface area (Å²) in [6.45, 7) is 3.43. The van der Waals surface area contributed by atoms with Crippen molar-refractivity contribution >= 4 is 37.5 Å². The summed E-state index contributed by atoms with van der Waals surface area (Å²) in [5.74, 6) is -1.13. The molecular formula is C17H23N3O7S2. The number of fused-ring (bicyclic) bond motifs is 1. The Bertz CT molecular complexity index is 1040. The van der Waals surface area contributed by atoms with Gasteiger partial charge in [0.1, 0.15) is 11.8 Å². The maximum absolute atomic E-state index is 12.7. The van der Waals surface area contributed by atoms with Crippen molar-refractivity contribution in [1.82, 2.24) is 9.03 Å². The molecule has 1 aromatic carbocycles. The summed E-state index contributed by atoms with van der Waals surface area (Å²) in [6.07, 6.45) is 0.518. The number of sulfonamides is 2. The van der Waals surface area contributed by atoms with E-state index in [2.05, 4.69) is 5.32 Å². The highest BCUT2D eigenvalue weighted by atomic mass is 32.2. The van der Waals surface area contributed by atoms with Crippen molar-refractivity contribution in [2.75, 3.05) is 17.6 Å². The molecule has 0 saturated carbocycles. The van der Waals surface area contributed by atoms with E-state index < -0.39 is 38.1 Å². The Balaban J connectivity index is 1.81. The molecule has 2 heterocycles. The van der Waals surface area contributed by atoms with E-state index in [0.717, 1.165) is 4.31 Å². The highest BCUT2D eigenvalue weighted by molar-refractivity contribution is 7.90. The Morgan fingerprint density at radius 3 is 2.66 bits per heavy atom. The SMILES string of the molecule is CC[C@@H]1Oc2ccc(S(=O)(=O)NC(=O)[C@@H]3CCCN3S(=O)(=O)CC)cc2NC1=O. The monoisotopic (exact) mass is 445 g/mol. The molecule has 12 heteroatoms. The Morgan fingerprint density at radius 2 is 2.00 bits per heavy atom. The first-order valence-electron chi connectivity index (χ1n) is 9.26. The van der Waals surface area contributed by atoms with Crippen molar-refractivity contribution in [3.05, 3.63) is 18.2 Å². The lowest BCUT2D eigenvalue weighted by Crippen LogP contribution is -2.47. The molecule has 1 saturated heterocycles. The van der Waals surface area contributed by atoms with Gasteiger partial charge in [-0.25, -0.2) is 21.6 Å². The number of amides is 2. The third-order valence-corrected chi connectivity index (χ3v) is 8.14. The number of nitrogens with one attached hydrogen (secondary N) is 2. The number of anilines is 1. The summed E-state index contributed by atoms with van der Waals surface area (Å²) >= 11 is 0. The van der Waals surface area contributed by atoms with E-state index in [1.165, 1.54) is 25.1 Å². The van der Waals surface area contributed by atoms with Crippen LogP contribution in [0.4, 0.5) is 5.69 Å². The minimum Gasteiger partial charge on any atom is -0.478 e. The van der Waals surface area contributed by atoms with E-state index >= 15 is 0 Å². The zero-order valence-electron chi connectivity index (χ0n) is 16.0. The molecule has 2 atom stereocenters. The molecule has 0 unspecified atom stereocenters. The molecule has 0 radical (unpaired) electrons. The molecule has 1 fully saturated rings. The fourth-order valence-corrected chi connectivity index (χ4v) is 5.69. The van der Waals surface area contributed by atoms with Gasteiger partial charge in [0, 0.05) is 6.54 Å². The maximum Gasteiger partial charge on any atom is 0.265 e. The normalized spacial score (nSPS) is 22.5. The van der Waals surface area contributed by atoms with Crippen molar-refractivity contribution in [1.29, 1.82) is 0 Å². The number of carbonyl (C=O) groups is 2. The number of ether oxygens (including phenoxy) is 1. The van der Waals surface area contributed by atoms with Crippen molar-refractivity contribution in [2.24, 2.45) is 0 Å². The number of hydrogen-bond acceptors (Lipinski definition) is 7. The number of hydrogen-bond donors (Lipinski definition) is 2. The average Bonchev–Trinajstić information content (AvgIpc) is 3.17. The molecule has 2 aliphatic rings. The van der Waals surface area contributed by atoms with Crippen LogP contribution in [0.2, 0.25) is 0 Å². The molecule has 2 N–H and O–H groups in total. The maximum atomic E-state index is 12.7. The van der Waals surface area contributed by atoms with E-state index in [4.69, 9.17) is 4.74 Å². The Labute approximate surface area is 169 Å². The molecule has 0 spiro atoms. The number of benzene rings is 1. The predicted octanol–water partition coefficient (Wildman–Crippen LogP) is 0.415. The number of nitrogens with zero attached hydrogens (tertiary/aromatic N) is 1. The second kappa shape index (κ2) is 7.92. The minimum absolute atomic E-state index is 0.174. The lowest BCUT2D eigenvalue weighted by Gasteiger charge is -2.25. The van der Waals surface area contributed by atoms with Gasteiger partial charge in [-0.3, -0.25) is 9.59 Å². The molecule has 160 valence electrons. The topological polar surface area (TPSA) is 139 Å². The fourth-order valence-electron chi connectivity index (χ4n) is 3.33. The summed E-state index contributed by atoms with van der Waals surface area (Å²) in [6, 6.07) is 2.79. The van der Waals surface area contributed by atoms with E-state index in [9.17, 15) is 26.4 Å². The van der Waals surface area contributed by atoms with E-state index in [1.807, 2.05) is 4.72 Å². The van der Waals surface area contributed by atoms with Crippen molar-refractivity contribution < 1.29 is 31.2 Å². The summed E-state index contributed by atoms with van der Waals surface area (Å²) in [5, 5.41) is 2.59. The summed E-state index contributed by atoms with van der Waals surface area (Å²) in [7, 11) is -7.90. The van der Waals surface area contributed by atoms with Gasteiger partial charge in [-0.2, -0.15) is 4.31 Å². The molecular weight excluding hydrogens is 422 g/mol. The van der Waals surface area contributed by atoms with Crippen LogP contribution in [0.1, 0.15) is 33.1 Å². The van der Waals surface area contributed by atoms with Gasteiger partial charge in [-0.05, 0) is 44.4 Å². The van der Waals surface area contributed by atoms with Crippen LogP contribution < -0.4 is 14.8 Å². The lowest BCUT2D eigenvalue weighted by atomic mass is 10.2. The number of carbonyl (C=O) groups excluding carboxylic acids is 2. The lowest BCUT2D eigenvalue weighted by molar-refractivity contribution is -0.124. The van der Waals surface area contributed by atoms with Gasteiger partial charge < -0.3 is 10.1 Å². The molecule has 2 amide bonds. The first kappa shape index (κ1) is 21.5. The zero-order chi connectivity index (χ0) is 21.4. The molecule has 29 heavy (non-hydrogen) atoms. The van der Waals surface area contributed by atoms with Gasteiger partial charge in [0.2, 0.25) is 10.0 Å². The van der Waals surface area contributed by atoms with Gasteiger partial charge in [0.25, 0.3) is 21.8 Å². The first-order valence-corrected chi connectivity index (χ1v) is 12.4. The molecule has 3 rings (SSSR count). The molecule has 2 aliphatic heterocycles. The molecule has 0 aliphatic carbocycles. The summed E-state index contributed by atoms with van der Waals surface area (Å²) in [5.41, 5.74) is 0.186. The highest BCUT2D eigenvalue weighted by Gasteiger charge is 2.39. The van der Waals surface area contributed by atoms with Crippen molar-refractivity contribution in [2.45, 2.75) is 50.2 Å². The third-order valence-electron chi connectivity index (χ3n) is 4.92. The minimum atomic E-state index is -4.27. The second-order valence-electron chi connectivity index (χ2n) is 6.80. The van der Waals surface area contributed by atoms with Crippen LogP contribution in [0.5, 0.6) is 5.75 Å². The van der Waals surface area contributed by atoms with Crippen molar-refractivity contribution in [3.8, 4) is 5.75 Å². The molecule has 1 aromatic rings. The fraction of sp³-hybridized carbons (Fsp3) is 0.529. The van der Waals surface area contributed by atoms with E-state index in [0.29, 0.717) is 18.6 Å². The quantitative estimate of drug-likeness (QED) is 0.647. The third kappa shape index (κ3) is 4.23. The van der Waals surface area contributed by atoms with Gasteiger partial charge >= 0.3 is 0 Å². The standard InChI is InChI=1S/C17H23N3O7S2/c1-3-14-17(22)18-12-10-11(7-8-15(12)27-14)29(25,26)19-16(21)13-6-5-9-20(13)28(23,24)4-2/h7-8,10,13-14H,3-6,9H2,1-2H3,(H,18,22)(H,19,21)/t13-,14-/m0/s1. The van der Waals surface area contributed by atoms with Crippen LogP contribution in [0.25, 0.3) is 0 Å². The van der Waals surface area contributed by atoms with E-state index in [1.54, 1.807) is 6.92 Å². The van der Waals surface area contributed by atoms with Crippen LogP contribution >= 0.6 is 0 Å². The Kier molecular flexibility index (Phi) is 5.88. The van der Waals surface area contributed by atoms with Crippen LogP contribution in [0.3, 0.4) is 0 Å². The predicted molar refractivity (Wildman–Crippen MR) is 104 cm³/mol. The average molecular weight is 446 g/mol. The Hall–Kier alpha value is -2.18. The van der Waals surface area contributed by atoms with Gasteiger partial charge in [-0.1, -0.05) is 6.92 Å². The molecule has 0 bridgehead atoms. The summed E-state index contributed by atoms with van der Waals surface area (Å²) in [4.78, 5) is 24.2. The summed E-state index contributed by atoms with van der Waals surface area (Å²) < 4.78 is 58.1. The first-order chi connectivity index (χ1) is 13.6. The van der Waals surface area contributed by atoms with Crippen LogP contribution in [-0.4, -0.2) is 57.4 Å². The second-order valence-corrected chi connectivity index (χ2v) is 10.7. The molecule has 0 aromatic heterocycles. The van der Waals surface area contributed by atoms with Crippen LogP contribution in [0, 0.1) is 0 Å². The van der Waals surface area contributed by atoms with Crippen molar-refractivity contribution in [3.63, 3.8) is 0 Å².